The van der Waals surface area contributed by atoms with Crippen LogP contribution in [-0.4, -0.2) is 33.5 Å². The summed E-state index contributed by atoms with van der Waals surface area (Å²) in [6, 6.07) is 0. The molecular formula is C10H23O2PSe. The van der Waals surface area contributed by atoms with Gasteiger partial charge in [-0.3, -0.25) is 0 Å². The molecule has 0 saturated carbocycles. The van der Waals surface area contributed by atoms with Gasteiger partial charge in [0.2, 0.25) is 0 Å². The summed E-state index contributed by atoms with van der Waals surface area (Å²) in [6.45, 7) is 10.4. The Balaban J connectivity index is 4.26. The number of unbranched alkanes of at least 4 members (excludes halogenated alkanes) is 1. The van der Waals surface area contributed by atoms with Crippen molar-refractivity contribution in [2.45, 2.75) is 59.7 Å². The second-order valence-electron chi connectivity index (χ2n) is 4.00. The summed E-state index contributed by atoms with van der Waals surface area (Å²) in [4.78, 5) is 0. The maximum atomic E-state index is 5.88. The molecule has 0 amide bonds. The van der Waals surface area contributed by atoms with E-state index >= 15 is 0 Å². The minimum atomic E-state index is -1.72. The molecule has 86 valence electrons. The van der Waals surface area contributed by atoms with E-state index in [0.717, 1.165) is 6.16 Å². The molecule has 0 fully saturated rings. The van der Waals surface area contributed by atoms with Crippen molar-refractivity contribution in [3.63, 3.8) is 0 Å². The van der Waals surface area contributed by atoms with Gasteiger partial charge in [0, 0.05) is 0 Å². The topological polar surface area (TPSA) is 18.5 Å². The fraction of sp³-hybridized carbons (Fsp3) is 1.00. The van der Waals surface area contributed by atoms with Gasteiger partial charge in [-0.1, -0.05) is 0 Å². The van der Waals surface area contributed by atoms with Crippen molar-refractivity contribution in [1.82, 2.24) is 0 Å². The number of hydrogen-bond acceptors (Lipinski definition) is 2. The zero-order valence-corrected chi connectivity index (χ0v) is 12.6. The molecule has 4 heteroatoms. The van der Waals surface area contributed by atoms with Gasteiger partial charge in [0.05, 0.1) is 0 Å². The first kappa shape index (κ1) is 14.9. The van der Waals surface area contributed by atoms with E-state index < -0.39 is 5.96 Å². The summed E-state index contributed by atoms with van der Waals surface area (Å²) in [5, 5.41) is 0. The van der Waals surface area contributed by atoms with Gasteiger partial charge in [-0.25, -0.2) is 0 Å². The molecule has 0 aliphatic carbocycles. The fourth-order valence-corrected chi connectivity index (χ4v) is 6.35. The summed E-state index contributed by atoms with van der Waals surface area (Å²) in [7, 11) is 0. The third-order valence-electron chi connectivity index (χ3n) is 1.53. The predicted molar refractivity (Wildman–Crippen MR) is 64.9 cm³/mol. The van der Waals surface area contributed by atoms with Crippen molar-refractivity contribution in [2.75, 3.05) is 6.16 Å². The minimum absolute atomic E-state index is 0.236. The van der Waals surface area contributed by atoms with Gasteiger partial charge < -0.3 is 0 Å². The molecule has 0 spiro atoms. The molecule has 0 heterocycles. The summed E-state index contributed by atoms with van der Waals surface area (Å²) < 4.78 is 11.8. The van der Waals surface area contributed by atoms with Crippen LogP contribution in [-0.2, 0) is 9.05 Å². The second kappa shape index (κ2) is 7.19. The molecule has 2 nitrogen and oxygen atoms in total. The normalized spacial score (nSPS) is 12.8. The van der Waals surface area contributed by atoms with E-state index in [0.29, 0.717) is 0 Å². The van der Waals surface area contributed by atoms with Crippen LogP contribution in [0.5, 0.6) is 0 Å². The first-order valence-electron chi connectivity index (χ1n) is 5.35. The van der Waals surface area contributed by atoms with Crippen molar-refractivity contribution in [2.24, 2.45) is 0 Å². The molecule has 0 radical (unpaired) electrons. The first-order chi connectivity index (χ1) is 6.39. The Bertz CT molecular complexity index is 179. The van der Waals surface area contributed by atoms with Crippen LogP contribution in [0.2, 0.25) is 0 Å². The number of hydrogen-bond donors (Lipinski definition) is 0. The molecule has 0 aromatic heterocycles. The van der Waals surface area contributed by atoms with Crippen LogP contribution < -0.4 is 0 Å². The average Bonchev–Trinajstić information content (AvgIpc) is 1.97. The van der Waals surface area contributed by atoms with Crippen molar-refractivity contribution in [3.05, 3.63) is 0 Å². The zero-order chi connectivity index (χ0) is 11.2. The van der Waals surface area contributed by atoms with Crippen molar-refractivity contribution < 1.29 is 9.05 Å². The van der Waals surface area contributed by atoms with Crippen LogP contribution in [0.15, 0.2) is 0 Å². The molecule has 0 N–H and O–H groups in total. The monoisotopic (exact) mass is 286 g/mol. The number of rotatable bonds is 7. The third-order valence-corrected chi connectivity index (χ3v) is 6.11. The van der Waals surface area contributed by atoms with E-state index in [-0.39, 0.29) is 12.2 Å². The fourth-order valence-electron chi connectivity index (χ4n) is 1.12. The van der Waals surface area contributed by atoms with Gasteiger partial charge >= 0.3 is 95.9 Å². The molecular weight excluding hydrogens is 262 g/mol. The Hall–Kier alpha value is 0.869. The van der Waals surface area contributed by atoms with E-state index in [2.05, 4.69) is 49.7 Å². The van der Waals surface area contributed by atoms with Crippen LogP contribution >= 0.6 is 5.96 Å². The van der Waals surface area contributed by atoms with E-state index in [4.69, 9.17) is 9.05 Å². The molecule has 0 aliphatic rings. The van der Waals surface area contributed by atoms with Gasteiger partial charge in [0.25, 0.3) is 0 Å². The first-order valence-corrected chi connectivity index (χ1v) is 9.38. The summed E-state index contributed by atoms with van der Waals surface area (Å²) in [6.07, 6.45) is 3.85. The molecule has 0 atom stereocenters. The van der Waals surface area contributed by atoms with Crippen LogP contribution in [0.4, 0.5) is 0 Å². The van der Waals surface area contributed by atoms with Crippen LogP contribution in [0, 0.1) is 0 Å². The van der Waals surface area contributed by atoms with Crippen LogP contribution in [0.1, 0.15) is 47.5 Å². The third kappa shape index (κ3) is 7.20. The van der Waals surface area contributed by atoms with E-state index in [1.54, 1.807) is 0 Å². The molecule has 0 rings (SSSR count). The Morgan fingerprint density at radius 1 is 1.07 bits per heavy atom. The summed E-state index contributed by atoms with van der Waals surface area (Å²) >= 11 is 3.15. The van der Waals surface area contributed by atoms with Crippen molar-refractivity contribution >= 4 is 21.1 Å². The van der Waals surface area contributed by atoms with Gasteiger partial charge in [-0.05, 0) is 0 Å². The standard InChI is InChI=1S/C10H23O2PSe/c1-6-7-8-13(14,11-9(2)3)12-10(4)5/h9-10H,6-8H2,1-5H3. The quantitative estimate of drug-likeness (QED) is 0.526. The zero-order valence-electron chi connectivity index (χ0n) is 9.95. The van der Waals surface area contributed by atoms with Gasteiger partial charge in [-0.15, -0.1) is 0 Å². The SMILES string of the molecule is CCCCP(=[Se])(OC(C)C)OC(C)C. The summed E-state index contributed by atoms with van der Waals surface area (Å²) in [5.41, 5.74) is 0. The summed E-state index contributed by atoms with van der Waals surface area (Å²) in [5.74, 6) is -1.72. The van der Waals surface area contributed by atoms with E-state index in [1.807, 2.05) is 0 Å². The Labute approximate surface area is 96.1 Å². The molecule has 0 aromatic rings. The molecule has 14 heavy (non-hydrogen) atoms. The van der Waals surface area contributed by atoms with Gasteiger partial charge in [0.15, 0.2) is 0 Å². The maximum absolute atomic E-state index is 5.88. The van der Waals surface area contributed by atoms with Crippen molar-refractivity contribution in [1.29, 1.82) is 0 Å². The van der Waals surface area contributed by atoms with Gasteiger partial charge in [-0.2, -0.15) is 0 Å². The predicted octanol–water partition coefficient (Wildman–Crippen LogP) is 3.57. The van der Waals surface area contributed by atoms with Gasteiger partial charge in [0.1, 0.15) is 0 Å². The van der Waals surface area contributed by atoms with E-state index in [1.165, 1.54) is 12.8 Å². The molecule has 0 unspecified atom stereocenters. The average molecular weight is 285 g/mol. The van der Waals surface area contributed by atoms with E-state index in [9.17, 15) is 0 Å². The molecule has 0 saturated heterocycles. The van der Waals surface area contributed by atoms with Crippen LogP contribution in [0.25, 0.3) is 0 Å². The Morgan fingerprint density at radius 2 is 1.50 bits per heavy atom. The van der Waals surface area contributed by atoms with Crippen molar-refractivity contribution in [3.8, 4) is 0 Å². The molecule has 0 aromatic carbocycles. The molecule has 0 bridgehead atoms. The van der Waals surface area contributed by atoms with Crippen LogP contribution in [0.3, 0.4) is 0 Å². The molecule has 0 aliphatic heterocycles. The Morgan fingerprint density at radius 3 is 1.79 bits per heavy atom. The second-order valence-corrected chi connectivity index (χ2v) is 9.59. The Kier molecular flexibility index (Phi) is 7.64.